The van der Waals surface area contributed by atoms with Crippen LogP contribution < -0.4 is 0 Å². The highest BCUT2D eigenvalue weighted by atomic mass is 16.5. The van der Waals surface area contributed by atoms with Gasteiger partial charge < -0.3 is 24.8 Å². The summed E-state index contributed by atoms with van der Waals surface area (Å²) in [6.45, 7) is 2.08. The third-order valence-corrected chi connectivity index (χ3v) is 4.64. The molecule has 1 fully saturated rings. The van der Waals surface area contributed by atoms with Crippen LogP contribution in [0.3, 0.4) is 0 Å². The predicted octanol–water partition coefficient (Wildman–Crippen LogP) is 2.98. The maximum Gasteiger partial charge on any atom is 0.305 e. The highest BCUT2D eigenvalue weighted by molar-refractivity contribution is 5.69. The van der Waals surface area contributed by atoms with Crippen molar-refractivity contribution in [3.05, 3.63) is 48.6 Å². The van der Waals surface area contributed by atoms with Gasteiger partial charge in [-0.05, 0) is 32.1 Å². The lowest BCUT2D eigenvalue weighted by molar-refractivity contribution is -0.140. The van der Waals surface area contributed by atoms with Gasteiger partial charge in [-0.2, -0.15) is 0 Å². The number of aliphatic hydroxyl groups excluding tert-OH is 3. The quantitative estimate of drug-likeness (QED) is 0.320. The van der Waals surface area contributed by atoms with E-state index in [-0.39, 0.29) is 5.97 Å². The normalized spacial score (nSPS) is 24.9. The van der Waals surface area contributed by atoms with Gasteiger partial charge in [0.25, 0.3) is 0 Å². The van der Waals surface area contributed by atoms with Gasteiger partial charge in [-0.1, -0.05) is 55.5 Å². The van der Waals surface area contributed by atoms with E-state index in [0.29, 0.717) is 32.1 Å². The zero-order valence-corrected chi connectivity index (χ0v) is 17.5. The van der Waals surface area contributed by atoms with Crippen molar-refractivity contribution in [2.24, 2.45) is 0 Å². The fourth-order valence-electron chi connectivity index (χ4n) is 2.94. The van der Waals surface area contributed by atoms with Crippen LogP contribution in [0.2, 0.25) is 0 Å². The number of allylic oxidation sites excluding steroid dienone is 4. The molecule has 5 atom stereocenters. The van der Waals surface area contributed by atoms with Crippen LogP contribution in [0.5, 0.6) is 0 Å². The molecule has 1 saturated heterocycles. The average molecular weight is 409 g/mol. The number of aliphatic hydroxyl groups is 3. The lowest BCUT2D eigenvalue weighted by Crippen LogP contribution is -2.25. The molecular weight excluding hydrogens is 372 g/mol. The summed E-state index contributed by atoms with van der Waals surface area (Å²) in [4.78, 5) is 11.0. The van der Waals surface area contributed by atoms with Crippen LogP contribution in [0.4, 0.5) is 0 Å². The van der Waals surface area contributed by atoms with Gasteiger partial charge in [0.2, 0.25) is 0 Å². The summed E-state index contributed by atoms with van der Waals surface area (Å²) in [7, 11) is 1.35. The summed E-state index contributed by atoms with van der Waals surface area (Å²) in [5, 5.41) is 30.4. The smallest absolute Gasteiger partial charge is 0.305 e. The molecule has 1 rings (SSSR count). The number of carbonyl (C=O) groups excluding carboxylic acids is 1. The molecule has 1 aliphatic heterocycles. The first-order valence-electron chi connectivity index (χ1n) is 10.4. The number of ether oxygens (including phenoxy) is 2. The Morgan fingerprint density at radius 3 is 2.59 bits per heavy atom. The Morgan fingerprint density at radius 2 is 1.86 bits per heavy atom. The molecule has 0 saturated carbocycles. The molecule has 3 N–H and O–H groups in total. The molecule has 6 heteroatoms. The topological polar surface area (TPSA) is 96.2 Å². The Hall–Kier alpha value is -1.73. The number of rotatable bonds is 13. The minimum atomic E-state index is -0.705. The molecule has 1 heterocycles. The van der Waals surface area contributed by atoms with Crippen LogP contribution in [0, 0.1) is 0 Å². The van der Waals surface area contributed by atoms with Crippen LogP contribution >= 0.6 is 0 Å². The molecule has 0 unspecified atom stereocenters. The largest absolute Gasteiger partial charge is 0.469 e. The first kappa shape index (κ1) is 25.3. The standard InChI is InChI=1S/C23H36O6/c1-3-4-5-6-7-10-13-19(25)22-17-20(26)21(29-22)16-15-18(24)12-9-8-11-14-23(27)28-2/h4-5,7-10,15-16,18-22,24-26H,3,6,11-14,17H2,1-2H3/b5-4-,9-8-,10-7-,16-15+/t18-,19+,20+,21-,22-/m1/s1. The van der Waals surface area contributed by atoms with Gasteiger partial charge >= 0.3 is 5.97 Å². The lowest BCUT2D eigenvalue weighted by atomic mass is 10.0. The van der Waals surface area contributed by atoms with E-state index < -0.39 is 30.5 Å². The van der Waals surface area contributed by atoms with E-state index in [1.807, 2.05) is 18.2 Å². The zero-order valence-electron chi connectivity index (χ0n) is 17.5. The molecule has 1 aliphatic rings. The molecule has 0 bridgehead atoms. The third-order valence-electron chi connectivity index (χ3n) is 4.64. The summed E-state index contributed by atoms with van der Waals surface area (Å²) in [5.41, 5.74) is 0. The molecule has 0 aliphatic carbocycles. The van der Waals surface area contributed by atoms with E-state index in [2.05, 4.69) is 23.8 Å². The highest BCUT2D eigenvalue weighted by Gasteiger charge is 2.35. The Balaban J connectivity index is 2.33. The second-order valence-corrected chi connectivity index (χ2v) is 7.11. The van der Waals surface area contributed by atoms with E-state index in [9.17, 15) is 20.1 Å². The second-order valence-electron chi connectivity index (χ2n) is 7.11. The van der Waals surface area contributed by atoms with Crippen molar-refractivity contribution in [1.29, 1.82) is 0 Å². The highest BCUT2D eigenvalue weighted by Crippen LogP contribution is 2.25. The maximum absolute atomic E-state index is 11.0. The molecule has 0 aromatic heterocycles. The number of hydrogen-bond donors (Lipinski definition) is 3. The summed E-state index contributed by atoms with van der Waals surface area (Å²) in [6.07, 6.45) is 15.9. The Labute approximate surface area is 174 Å². The van der Waals surface area contributed by atoms with Crippen molar-refractivity contribution < 1.29 is 29.6 Å². The van der Waals surface area contributed by atoms with Crippen molar-refractivity contribution in [3.8, 4) is 0 Å². The summed E-state index contributed by atoms with van der Waals surface area (Å²) in [6, 6.07) is 0. The molecule has 29 heavy (non-hydrogen) atoms. The van der Waals surface area contributed by atoms with Gasteiger partial charge in [-0.15, -0.1) is 0 Å². The summed E-state index contributed by atoms with van der Waals surface area (Å²) in [5.74, 6) is -0.261. The van der Waals surface area contributed by atoms with Crippen molar-refractivity contribution >= 4 is 5.97 Å². The molecule has 6 nitrogen and oxygen atoms in total. The number of hydrogen-bond acceptors (Lipinski definition) is 6. The summed E-state index contributed by atoms with van der Waals surface area (Å²) >= 11 is 0. The summed E-state index contributed by atoms with van der Waals surface area (Å²) < 4.78 is 10.3. The van der Waals surface area contributed by atoms with Gasteiger partial charge in [0.05, 0.1) is 31.5 Å². The molecule has 0 aromatic rings. The zero-order chi connectivity index (χ0) is 21.5. The number of carbonyl (C=O) groups is 1. The van der Waals surface area contributed by atoms with Crippen LogP contribution in [0.15, 0.2) is 48.6 Å². The van der Waals surface area contributed by atoms with Gasteiger partial charge in [0.15, 0.2) is 0 Å². The molecular formula is C23H36O6. The van der Waals surface area contributed by atoms with Gasteiger partial charge in [-0.3, -0.25) is 4.79 Å². The van der Waals surface area contributed by atoms with Crippen LogP contribution in [0.1, 0.15) is 51.9 Å². The monoisotopic (exact) mass is 408 g/mol. The van der Waals surface area contributed by atoms with E-state index in [4.69, 9.17) is 4.74 Å². The van der Waals surface area contributed by atoms with E-state index in [0.717, 1.165) is 12.8 Å². The Bertz CT molecular complexity index is 566. The third kappa shape index (κ3) is 11.1. The SMILES string of the molecule is CC/C=C\C/C=C\C[C@H](O)[C@H]1C[C@H](O)[C@@H](/C=C/[C@H](O)C/C=C\CCC(=O)OC)O1. The first-order chi connectivity index (χ1) is 14.0. The molecule has 0 aromatic carbocycles. The fraction of sp³-hybridized carbons (Fsp3) is 0.609. The molecule has 0 amide bonds. The second kappa shape index (κ2) is 15.2. The van der Waals surface area contributed by atoms with Gasteiger partial charge in [0.1, 0.15) is 6.10 Å². The van der Waals surface area contributed by atoms with Crippen LogP contribution in [-0.2, 0) is 14.3 Å². The van der Waals surface area contributed by atoms with Crippen LogP contribution in [0.25, 0.3) is 0 Å². The average Bonchev–Trinajstić information content (AvgIpc) is 3.09. The van der Waals surface area contributed by atoms with Crippen molar-refractivity contribution in [2.45, 2.75) is 82.4 Å². The molecule has 164 valence electrons. The van der Waals surface area contributed by atoms with E-state index >= 15 is 0 Å². The van der Waals surface area contributed by atoms with Crippen molar-refractivity contribution in [3.63, 3.8) is 0 Å². The number of esters is 1. The molecule has 0 radical (unpaired) electrons. The van der Waals surface area contributed by atoms with E-state index in [1.54, 1.807) is 18.2 Å². The number of methoxy groups -OCH3 is 1. The van der Waals surface area contributed by atoms with E-state index in [1.165, 1.54) is 7.11 Å². The lowest BCUT2D eigenvalue weighted by Gasteiger charge is -2.16. The fourth-order valence-corrected chi connectivity index (χ4v) is 2.94. The Morgan fingerprint density at radius 1 is 1.14 bits per heavy atom. The Kier molecular flexibility index (Phi) is 13.2. The minimum absolute atomic E-state index is 0.261. The van der Waals surface area contributed by atoms with Crippen LogP contribution in [-0.4, -0.2) is 58.9 Å². The maximum atomic E-state index is 11.0. The predicted molar refractivity (Wildman–Crippen MR) is 113 cm³/mol. The molecule has 0 spiro atoms. The van der Waals surface area contributed by atoms with Crippen molar-refractivity contribution in [2.75, 3.05) is 7.11 Å². The van der Waals surface area contributed by atoms with Gasteiger partial charge in [-0.25, -0.2) is 0 Å². The minimum Gasteiger partial charge on any atom is -0.469 e. The van der Waals surface area contributed by atoms with Gasteiger partial charge in [0, 0.05) is 12.8 Å². The first-order valence-corrected chi connectivity index (χ1v) is 10.4. The van der Waals surface area contributed by atoms with Crippen molar-refractivity contribution in [1.82, 2.24) is 0 Å².